The van der Waals surface area contributed by atoms with Gasteiger partial charge in [0.1, 0.15) is 5.82 Å². The summed E-state index contributed by atoms with van der Waals surface area (Å²) in [6.45, 7) is 0.314. The van der Waals surface area contributed by atoms with E-state index in [4.69, 9.17) is 4.42 Å². The summed E-state index contributed by atoms with van der Waals surface area (Å²) in [5.41, 5.74) is 1.16. The quantitative estimate of drug-likeness (QED) is 0.835. The van der Waals surface area contributed by atoms with Gasteiger partial charge in [-0.3, -0.25) is 9.59 Å². The van der Waals surface area contributed by atoms with Gasteiger partial charge in [0.2, 0.25) is 0 Å². The summed E-state index contributed by atoms with van der Waals surface area (Å²) in [5, 5.41) is 4.79. The van der Waals surface area contributed by atoms with Crippen molar-refractivity contribution in [1.29, 1.82) is 0 Å². The first-order valence-corrected chi connectivity index (χ1v) is 6.01. The zero-order chi connectivity index (χ0) is 14.4. The number of halogens is 1. The Morgan fingerprint density at radius 2 is 2.05 bits per heavy atom. The standard InChI is InChI=1S/C14H13FN2O3/c15-11-2-1-3-12(8-11)17-14(19)13(18)16-6-4-10-5-7-20-9-10/h1-3,5,7-9H,4,6H2,(H,16,18)(H,17,19). The molecule has 104 valence electrons. The van der Waals surface area contributed by atoms with E-state index >= 15 is 0 Å². The molecule has 1 aromatic carbocycles. The predicted octanol–water partition coefficient (Wildman–Crippen LogP) is 1.72. The van der Waals surface area contributed by atoms with Crippen LogP contribution in [0.1, 0.15) is 5.56 Å². The average molecular weight is 276 g/mol. The van der Waals surface area contributed by atoms with E-state index in [-0.39, 0.29) is 5.69 Å². The number of hydrogen-bond donors (Lipinski definition) is 2. The lowest BCUT2D eigenvalue weighted by molar-refractivity contribution is -0.136. The highest BCUT2D eigenvalue weighted by Crippen LogP contribution is 2.08. The Bertz CT molecular complexity index is 596. The Morgan fingerprint density at radius 1 is 1.20 bits per heavy atom. The van der Waals surface area contributed by atoms with Gasteiger partial charge in [-0.2, -0.15) is 0 Å². The first-order valence-electron chi connectivity index (χ1n) is 6.01. The van der Waals surface area contributed by atoms with Gasteiger partial charge in [0, 0.05) is 12.2 Å². The molecule has 0 radical (unpaired) electrons. The highest BCUT2D eigenvalue weighted by Gasteiger charge is 2.13. The van der Waals surface area contributed by atoms with E-state index in [2.05, 4.69) is 10.6 Å². The third-order valence-corrected chi connectivity index (χ3v) is 2.57. The smallest absolute Gasteiger partial charge is 0.313 e. The Labute approximate surface area is 114 Å². The molecule has 0 bridgehead atoms. The van der Waals surface area contributed by atoms with Gasteiger partial charge in [-0.25, -0.2) is 4.39 Å². The molecule has 0 spiro atoms. The molecule has 0 saturated heterocycles. The third-order valence-electron chi connectivity index (χ3n) is 2.57. The largest absolute Gasteiger partial charge is 0.472 e. The molecule has 1 aromatic heterocycles. The van der Waals surface area contributed by atoms with Crippen molar-refractivity contribution in [3.63, 3.8) is 0 Å². The fourth-order valence-electron chi connectivity index (χ4n) is 1.59. The summed E-state index contributed by atoms with van der Waals surface area (Å²) >= 11 is 0. The number of carbonyl (C=O) groups excluding carboxylic acids is 2. The van der Waals surface area contributed by atoms with Gasteiger partial charge in [0.05, 0.1) is 12.5 Å². The van der Waals surface area contributed by atoms with Gasteiger partial charge in [0.25, 0.3) is 0 Å². The normalized spacial score (nSPS) is 10.1. The van der Waals surface area contributed by atoms with Crippen LogP contribution >= 0.6 is 0 Å². The van der Waals surface area contributed by atoms with E-state index in [1.165, 1.54) is 24.5 Å². The molecule has 2 aromatic rings. The maximum Gasteiger partial charge on any atom is 0.313 e. The molecule has 6 heteroatoms. The van der Waals surface area contributed by atoms with Crippen LogP contribution in [-0.4, -0.2) is 18.4 Å². The minimum absolute atomic E-state index is 0.236. The molecule has 1 heterocycles. The molecule has 2 rings (SSSR count). The number of benzene rings is 1. The summed E-state index contributed by atoms with van der Waals surface area (Å²) in [7, 11) is 0. The lowest BCUT2D eigenvalue weighted by Crippen LogP contribution is -2.36. The summed E-state index contributed by atoms with van der Waals surface area (Å²) in [6, 6.07) is 7.11. The van der Waals surface area contributed by atoms with Gasteiger partial charge in [-0.1, -0.05) is 6.07 Å². The molecule has 0 fully saturated rings. The van der Waals surface area contributed by atoms with Crippen molar-refractivity contribution in [2.75, 3.05) is 11.9 Å². The molecule has 0 aliphatic rings. The summed E-state index contributed by atoms with van der Waals surface area (Å²) in [4.78, 5) is 23.1. The maximum absolute atomic E-state index is 12.9. The minimum atomic E-state index is -0.831. The van der Waals surface area contributed by atoms with Crippen LogP contribution in [0.25, 0.3) is 0 Å². The molecular formula is C14H13FN2O3. The van der Waals surface area contributed by atoms with Crippen LogP contribution in [0.3, 0.4) is 0 Å². The summed E-state index contributed by atoms with van der Waals surface area (Å²) in [5.74, 6) is -2.08. The average Bonchev–Trinajstić information content (AvgIpc) is 2.91. The highest BCUT2D eigenvalue weighted by molar-refractivity contribution is 6.39. The van der Waals surface area contributed by atoms with E-state index in [1.54, 1.807) is 12.3 Å². The van der Waals surface area contributed by atoms with Crippen molar-refractivity contribution in [1.82, 2.24) is 5.32 Å². The lowest BCUT2D eigenvalue weighted by atomic mass is 10.2. The predicted molar refractivity (Wildman–Crippen MR) is 70.5 cm³/mol. The molecule has 0 aliphatic carbocycles. The Hall–Kier alpha value is -2.63. The zero-order valence-corrected chi connectivity index (χ0v) is 10.6. The monoisotopic (exact) mass is 276 g/mol. The summed E-state index contributed by atoms with van der Waals surface area (Å²) in [6.07, 6.45) is 3.67. The van der Waals surface area contributed by atoms with Crippen molar-refractivity contribution in [3.8, 4) is 0 Å². The number of rotatable bonds is 4. The molecule has 0 unspecified atom stereocenters. The summed E-state index contributed by atoms with van der Waals surface area (Å²) < 4.78 is 17.8. The first kappa shape index (κ1) is 13.8. The van der Waals surface area contributed by atoms with Crippen LogP contribution in [0.15, 0.2) is 47.3 Å². The fraction of sp³-hybridized carbons (Fsp3) is 0.143. The molecule has 2 N–H and O–H groups in total. The Kier molecular flexibility index (Phi) is 4.49. The molecule has 0 atom stereocenters. The fourth-order valence-corrected chi connectivity index (χ4v) is 1.59. The second kappa shape index (κ2) is 6.51. The van der Waals surface area contributed by atoms with Crippen molar-refractivity contribution in [3.05, 3.63) is 54.2 Å². The SMILES string of the molecule is O=C(NCCc1ccoc1)C(=O)Nc1cccc(F)c1. The van der Waals surface area contributed by atoms with Crippen LogP contribution in [0, 0.1) is 5.82 Å². The highest BCUT2D eigenvalue weighted by atomic mass is 19.1. The van der Waals surface area contributed by atoms with E-state index in [0.717, 1.165) is 11.6 Å². The van der Waals surface area contributed by atoms with Crippen LogP contribution < -0.4 is 10.6 Å². The number of amides is 2. The molecular weight excluding hydrogens is 263 g/mol. The van der Waals surface area contributed by atoms with Crippen molar-refractivity contribution in [2.45, 2.75) is 6.42 Å². The molecule has 20 heavy (non-hydrogen) atoms. The van der Waals surface area contributed by atoms with Gasteiger partial charge in [0.15, 0.2) is 0 Å². The third kappa shape index (κ3) is 3.94. The van der Waals surface area contributed by atoms with E-state index in [0.29, 0.717) is 13.0 Å². The molecule has 2 amide bonds. The van der Waals surface area contributed by atoms with E-state index < -0.39 is 17.6 Å². The van der Waals surface area contributed by atoms with Gasteiger partial charge in [-0.15, -0.1) is 0 Å². The second-order valence-electron chi connectivity index (χ2n) is 4.10. The van der Waals surface area contributed by atoms with Crippen LogP contribution in [-0.2, 0) is 16.0 Å². The van der Waals surface area contributed by atoms with Crippen LogP contribution in [0.4, 0.5) is 10.1 Å². The second-order valence-corrected chi connectivity index (χ2v) is 4.10. The maximum atomic E-state index is 12.9. The number of anilines is 1. The topological polar surface area (TPSA) is 71.3 Å². The number of nitrogens with one attached hydrogen (secondary N) is 2. The van der Waals surface area contributed by atoms with Crippen LogP contribution in [0.5, 0.6) is 0 Å². The van der Waals surface area contributed by atoms with Gasteiger partial charge in [-0.05, 0) is 36.2 Å². The van der Waals surface area contributed by atoms with Gasteiger partial charge >= 0.3 is 11.8 Å². The van der Waals surface area contributed by atoms with Crippen molar-refractivity contribution in [2.24, 2.45) is 0 Å². The van der Waals surface area contributed by atoms with Gasteiger partial charge < -0.3 is 15.1 Å². The van der Waals surface area contributed by atoms with E-state index in [1.807, 2.05) is 0 Å². The van der Waals surface area contributed by atoms with Crippen molar-refractivity contribution < 1.29 is 18.4 Å². The molecule has 0 aliphatic heterocycles. The number of furan rings is 1. The van der Waals surface area contributed by atoms with Crippen LogP contribution in [0.2, 0.25) is 0 Å². The number of carbonyl (C=O) groups is 2. The Morgan fingerprint density at radius 3 is 2.75 bits per heavy atom. The zero-order valence-electron chi connectivity index (χ0n) is 10.6. The van der Waals surface area contributed by atoms with E-state index in [9.17, 15) is 14.0 Å². The molecule has 5 nitrogen and oxygen atoms in total. The first-order chi connectivity index (χ1) is 9.65. The Balaban J connectivity index is 1.78. The molecule has 0 saturated carbocycles. The minimum Gasteiger partial charge on any atom is -0.472 e. The lowest BCUT2D eigenvalue weighted by Gasteiger charge is -2.06. The van der Waals surface area contributed by atoms with Crippen molar-refractivity contribution >= 4 is 17.5 Å². The number of hydrogen-bond acceptors (Lipinski definition) is 3.